The predicted molar refractivity (Wildman–Crippen MR) is 133 cm³/mol. The van der Waals surface area contributed by atoms with Crippen molar-refractivity contribution in [2.45, 2.75) is 39.5 Å². The number of nitrogens with zero attached hydrogens (tertiary/aromatic N) is 2. The number of benzene rings is 3. The summed E-state index contributed by atoms with van der Waals surface area (Å²) < 4.78 is 61.9. The van der Waals surface area contributed by atoms with Crippen LogP contribution in [0.15, 0.2) is 65.2 Å². The fourth-order valence-corrected chi connectivity index (χ4v) is 4.14. The second-order valence-corrected chi connectivity index (χ2v) is 9.24. The minimum absolute atomic E-state index is 0.000501. The van der Waals surface area contributed by atoms with E-state index in [-0.39, 0.29) is 46.4 Å². The number of halogens is 4. The number of aliphatic carboxylic acids is 1. The molecule has 1 heterocycles. The zero-order valence-electron chi connectivity index (χ0n) is 20.8. The summed E-state index contributed by atoms with van der Waals surface area (Å²) in [5.74, 6) is -1.99. The maximum absolute atomic E-state index is 14.7. The monoisotopic (exact) mass is 527 g/mol. The van der Waals surface area contributed by atoms with E-state index in [4.69, 9.17) is 4.52 Å². The highest BCUT2D eigenvalue weighted by Crippen LogP contribution is 2.40. The van der Waals surface area contributed by atoms with Crippen molar-refractivity contribution < 1.29 is 32.0 Å². The van der Waals surface area contributed by atoms with Crippen molar-refractivity contribution >= 4 is 5.97 Å². The van der Waals surface area contributed by atoms with Gasteiger partial charge in [-0.15, -0.1) is 0 Å². The van der Waals surface area contributed by atoms with Crippen LogP contribution in [0.4, 0.5) is 17.6 Å². The molecule has 0 amide bonds. The molecule has 1 unspecified atom stereocenters. The second kappa shape index (κ2) is 10.7. The van der Waals surface area contributed by atoms with E-state index in [1.807, 2.05) is 0 Å². The Morgan fingerprint density at radius 2 is 1.74 bits per heavy atom. The highest BCUT2D eigenvalue weighted by Gasteiger charge is 2.35. The van der Waals surface area contributed by atoms with Crippen molar-refractivity contribution in [2.75, 3.05) is 0 Å². The van der Waals surface area contributed by atoms with Gasteiger partial charge in [0, 0.05) is 23.2 Å². The normalized spacial score (nSPS) is 12.6. The average molecular weight is 528 g/mol. The fourth-order valence-electron chi connectivity index (χ4n) is 4.14. The number of hydrogen-bond donors (Lipinski definition) is 2. The molecule has 0 aliphatic heterocycles. The Bertz CT molecular complexity index is 1460. The van der Waals surface area contributed by atoms with Crippen LogP contribution in [-0.4, -0.2) is 27.3 Å². The molecule has 0 fully saturated rings. The molecule has 2 N–H and O–H groups in total. The lowest BCUT2D eigenvalue weighted by Gasteiger charge is -2.18. The molecule has 4 aromatic rings. The summed E-state index contributed by atoms with van der Waals surface area (Å²) in [6, 6.07) is 13.9. The molecule has 1 aromatic heterocycles. The van der Waals surface area contributed by atoms with Crippen LogP contribution in [0.1, 0.15) is 30.5 Å². The summed E-state index contributed by atoms with van der Waals surface area (Å²) >= 11 is 0. The minimum atomic E-state index is -4.63. The Labute approximate surface area is 216 Å². The zero-order chi connectivity index (χ0) is 27.6. The number of rotatable bonds is 8. The first-order chi connectivity index (χ1) is 18.0. The number of carboxylic acid groups (broad SMARTS) is 1. The van der Waals surface area contributed by atoms with Crippen LogP contribution >= 0.6 is 0 Å². The van der Waals surface area contributed by atoms with Crippen LogP contribution in [-0.2, 0) is 17.5 Å². The molecule has 6 nitrogen and oxygen atoms in total. The van der Waals surface area contributed by atoms with Gasteiger partial charge in [0.05, 0.1) is 5.56 Å². The van der Waals surface area contributed by atoms with Gasteiger partial charge in [-0.25, -0.2) is 4.39 Å². The molecule has 198 valence electrons. The molecule has 0 radical (unpaired) electrons. The summed E-state index contributed by atoms with van der Waals surface area (Å²) in [5.41, 5.74) is 0.933. The van der Waals surface area contributed by atoms with E-state index >= 15 is 0 Å². The van der Waals surface area contributed by atoms with E-state index in [1.54, 1.807) is 45.0 Å². The Kier molecular flexibility index (Phi) is 7.63. The largest absolute Gasteiger partial charge is 0.480 e. The number of alkyl halides is 3. The predicted octanol–water partition coefficient (Wildman–Crippen LogP) is 6.74. The van der Waals surface area contributed by atoms with Gasteiger partial charge < -0.3 is 9.63 Å². The van der Waals surface area contributed by atoms with Gasteiger partial charge in [-0.3, -0.25) is 10.1 Å². The SMILES string of the molecule is Cc1ccccc1-c1ccc(-c2nc(-c3ccc(CNC(C(=O)O)C(C)C)c(F)c3)no2)cc1C(F)(F)F. The molecule has 0 spiro atoms. The van der Waals surface area contributed by atoms with E-state index < -0.39 is 29.6 Å². The Morgan fingerprint density at radius 1 is 1.03 bits per heavy atom. The van der Waals surface area contributed by atoms with Crippen LogP contribution in [0.25, 0.3) is 34.0 Å². The minimum Gasteiger partial charge on any atom is -0.480 e. The van der Waals surface area contributed by atoms with Crippen LogP contribution in [0.2, 0.25) is 0 Å². The van der Waals surface area contributed by atoms with E-state index in [0.717, 1.165) is 6.07 Å². The molecule has 0 saturated heterocycles. The van der Waals surface area contributed by atoms with Crippen LogP contribution in [0.3, 0.4) is 0 Å². The Balaban J connectivity index is 1.61. The molecule has 10 heteroatoms. The topological polar surface area (TPSA) is 88.2 Å². The van der Waals surface area contributed by atoms with Crippen molar-refractivity contribution in [3.05, 3.63) is 83.2 Å². The third-order valence-electron chi connectivity index (χ3n) is 6.19. The second-order valence-electron chi connectivity index (χ2n) is 9.24. The van der Waals surface area contributed by atoms with E-state index in [1.165, 1.54) is 30.3 Å². The van der Waals surface area contributed by atoms with Gasteiger partial charge in [0.1, 0.15) is 11.9 Å². The maximum Gasteiger partial charge on any atom is 0.417 e. The van der Waals surface area contributed by atoms with Gasteiger partial charge >= 0.3 is 12.1 Å². The molecule has 0 aliphatic rings. The number of nitrogens with one attached hydrogen (secondary N) is 1. The van der Waals surface area contributed by atoms with Crippen LogP contribution < -0.4 is 5.32 Å². The molecule has 0 aliphatic carbocycles. The smallest absolute Gasteiger partial charge is 0.417 e. The molecule has 4 rings (SSSR count). The summed E-state index contributed by atoms with van der Waals surface area (Å²) in [6.07, 6.45) is -4.63. The Hall–Kier alpha value is -4.05. The van der Waals surface area contributed by atoms with E-state index in [2.05, 4.69) is 15.5 Å². The molecular formula is C28H25F4N3O3. The van der Waals surface area contributed by atoms with Gasteiger partial charge in [-0.1, -0.05) is 61.5 Å². The fraction of sp³-hybridized carbons (Fsp3) is 0.250. The highest BCUT2D eigenvalue weighted by atomic mass is 19.4. The lowest BCUT2D eigenvalue weighted by atomic mass is 9.94. The first kappa shape index (κ1) is 27.0. The third kappa shape index (κ3) is 5.75. The summed E-state index contributed by atoms with van der Waals surface area (Å²) in [5, 5.41) is 15.9. The Morgan fingerprint density at radius 3 is 2.37 bits per heavy atom. The molecule has 3 aromatic carbocycles. The van der Waals surface area contributed by atoms with Crippen molar-refractivity contribution in [1.29, 1.82) is 0 Å². The first-order valence-corrected chi connectivity index (χ1v) is 11.8. The quantitative estimate of drug-likeness (QED) is 0.247. The van der Waals surface area contributed by atoms with Crippen molar-refractivity contribution in [3.8, 4) is 34.0 Å². The summed E-state index contributed by atoms with van der Waals surface area (Å²) in [4.78, 5) is 15.5. The number of carboxylic acids is 1. The van der Waals surface area contributed by atoms with Crippen molar-refractivity contribution in [1.82, 2.24) is 15.5 Å². The zero-order valence-corrected chi connectivity index (χ0v) is 20.8. The van der Waals surface area contributed by atoms with E-state index in [9.17, 15) is 27.5 Å². The lowest BCUT2D eigenvalue weighted by molar-refractivity contribution is -0.140. The van der Waals surface area contributed by atoms with Gasteiger partial charge in [-0.05, 0) is 47.7 Å². The van der Waals surface area contributed by atoms with Crippen molar-refractivity contribution in [2.24, 2.45) is 5.92 Å². The van der Waals surface area contributed by atoms with Gasteiger partial charge in [0.25, 0.3) is 5.89 Å². The van der Waals surface area contributed by atoms with Crippen LogP contribution in [0.5, 0.6) is 0 Å². The number of carbonyl (C=O) groups is 1. The first-order valence-electron chi connectivity index (χ1n) is 11.8. The average Bonchev–Trinajstić information content (AvgIpc) is 3.34. The molecule has 0 bridgehead atoms. The van der Waals surface area contributed by atoms with Gasteiger partial charge in [0.2, 0.25) is 5.82 Å². The molecule has 0 saturated carbocycles. The summed E-state index contributed by atoms with van der Waals surface area (Å²) in [7, 11) is 0. The molecule has 1 atom stereocenters. The van der Waals surface area contributed by atoms with Gasteiger partial charge in [0.15, 0.2) is 0 Å². The number of aromatic nitrogens is 2. The number of hydrogen-bond acceptors (Lipinski definition) is 5. The van der Waals surface area contributed by atoms with E-state index in [0.29, 0.717) is 11.1 Å². The lowest BCUT2D eigenvalue weighted by Crippen LogP contribution is -2.40. The highest BCUT2D eigenvalue weighted by molar-refractivity contribution is 5.75. The standard InChI is InChI=1S/C28H25F4N3O3/c1-15(2)24(27(36)37)33-14-19-9-8-17(13-23(19)29)25-34-26(38-35-25)18-10-11-21(22(12-18)28(30,31)32)20-7-5-4-6-16(20)3/h4-13,15,24,33H,14H2,1-3H3,(H,36,37). The van der Waals surface area contributed by atoms with Gasteiger partial charge in [-0.2, -0.15) is 18.2 Å². The number of aryl methyl sites for hydroxylation is 1. The third-order valence-corrected chi connectivity index (χ3v) is 6.19. The maximum atomic E-state index is 14.7. The van der Waals surface area contributed by atoms with Crippen molar-refractivity contribution in [3.63, 3.8) is 0 Å². The molecule has 38 heavy (non-hydrogen) atoms. The molecular weight excluding hydrogens is 502 g/mol. The summed E-state index contributed by atoms with van der Waals surface area (Å²) in [6.45, 7) is 5.22. The van der Waals surface area contributed by atoms with Crippen LogP contribution in [0, 0.1) is 18.7 Å².